The summed E-state index contributed by atoms with van der Waals surface area (Å²) < 4.78 is 18.6. The lowest BCUT2D eigenvalue weighted by Crippen LogP contribution is -2.28. The van der Waals surface area contributed by atoms with Gasteiger partial charge in [0.25, 0.3) is 0 Å². The Morgan fingerprint density at radius 1 is 0.971 bits per heavy atom. The molecule has 4 rings (SSSR count). The molecular weight excluding hydrogens is 466 g/mol. The zero-order chi connectivity index (χ0) is 24.6. The summed E-state index contributed by atoms with van der Waals surface area (Å²) in [5, 5.41) is 3.58. The molecule has 0 aliphatic carbocycles. The molecule has 35 heavy (non-hydrogen) atoms. The van der Waals surface area contributed by atoms with E-state index in [0.29, 0.717) is 48.4 Å². The van der Waals surface area contributed by atoms with Gasteiger partial charge < -0.3 is 24.1 Å². The summed E-state index contributed by atoms with van der Waals surface area (Å²) in [6.45, 7) is 1.53. The number of para-hydroxylation sites is 3. The van der Waals surface area contributed by atoms with Crippen molar-refractivity contribution in [3.63, 3.8) is 0 Å². The van der Waals surface area contributed by atoms with Gasteiger partial charge in [-0.2, -0.15) is 0 Å². The first-order valence-corrected chi connectivity index (χ1v) is 11.8. The lowest BCUT2D eigenvalue weighted by molar-refractivity contribution is -0.120. The standard InChI is InChI=1S/C27H28ClN3O4/c1-33-24-12-11-19(17-25(24)34-2)18-27(32)29-14-13-26-30-21-8-4-5-9-22(21)31(26)15-16-35-23-10-6-3-7-20(23)28/h3-12,17H,13-16,18H2,1-2H3,(H,29,32). The van der Waals surface area contributed by atoms with Gasteiger partial charge >= 0.3 is 0 Å². The highest BCUT2D eigenvalue weighted by Crippen LogP contribution is 2.27. The number of methoxy groups -OCH3 is 2. The number of aromatic nitrogens is 2. The van der Waals surface area contributed by atoms with Crippen molar-refractivity contribution in [2.45, 2.75) is 19.4 Å². The minimum atomic E-state index is -0.0677. The molecule has 0 unspecified atom stereocenters. The first-order chi connectivity index (χ1) is 17.1. The molecule has 0 bridgehead atoms. The van der Waals surface area contributed by atoms with Crippen LogP contribution in [0, 0.1) is 0 Å². The van der Waals surface area contributed by atoms with Crippen LogP contribution in [-0.4, -0.2) is 42.8 Å². The lowest BCUT2D eigenvalue weighted by atomic mass is 10.1. The van der Waals surface area contributed by atoms with Crippen LogP contribution in [0.3, 0.4) is 0 Å². The number of hydrogen-bond donors (Lipinski definition) is 1. The molecule has 0 aliphatic rings. The summed E-state index contributed by atoms with van der Waals surface area (Å²) in [4.78, 5) is 17.3. The first kappa shape index (κ1) is 24.4. The fourth-order valence-electron chi connectivity index (χ4n) is 3.93. The Labute approximate surface area is 209 Å². The third-order valence-corrected chi connectivity index (χ3v) is 5.94. The van der Waals surface area contributed by atoms with E-state index in [4.69, 9.17) is 30.8 Å². The summed E-state index contributed by atoms with van der Waals surface area (Å²) >= 11 is 6.20. The third kappa shape index (κ3) is 6.05. The number of halogens is 1. The van der Waals surface area contributed by atoms with Crippen molar-refractivity contribution in [1.82, 2.24) is 14.9 Å². The van der Waals surface area contributed by atoms with Gasteiger partial charge in [0.1, 0.15) is 18.2 Å². The number of nitrogens with zero attached hydrogens (tertiary/aromatic N) is 2. The van der Waals surface area contributed by atoms with Crippen molar-refractivity contribution < 1.29 is 19.0 Å². The number of carbonyl (C=O) groups is 1. The van der Waals surface area contributed by atoms with E-state index in [9.17, 15) is 4.79 Å². The average molecular weight is 494 g/mol. The number of hydrogen-bond acceptors (Lipinski definition) is 5. The zero-order valence-corrected chi connectivity index (χ0v) is 20.5. The van der Waals surface area contributed by atoms with Crippen LogP contribution in [0.25, 0.3) is 11.0 Å². The fourth-order valence-corrected chi connectivity index (χ4v) is 4.12. The molecule has 0 fully saturated rings. The number of ether oxygens (including phenoxy) is 3. The Hall–Kier alpha value is -3.71. The number of fused-ring (bicyclic) bond motifs is 1. The van der Waals surface area contributed by atoms with Crippen molar-refractivity contribution in [3.8, 4) is 17.2 Å². The van der Waals surface area contributed by atoms with Crippen molar-refractivity contribution in [2.24, 2.45) is 0 Å². The summed E-state index contributed by atoms with van der Waals surface area (Å²) in [5.41, 5.74) is 2.79. The Morgan fingerprint density at radius 3 is 2.54 bits per heavy atom. The maximum Gasteiger partial charge on any atom is 0.224 e. The topological polar surface area (TPSA) is 74.6 Å². The van der Waals surface area contributed by atoms with Gasteiger partial charge in [-0.15, -0.1) is 0 Å². The van der Waals surface area contributed by atoms with Gasteiger partial charge in [0.15, 0.2) is 11.5 Å². The van der Waals surface area contributed by atoms with Crippen LogP contribution in [0.15, 0.2) is 66.7 Å². The Kier molecular flexibility index (Phi) is 8.11. The second kappa shape index (κ2) is 11.6. The van der Waals surface area contributed by atoms with E-state index >= 15 is 0 Å². The average Bonchev–Trinajstić information content (AvgIpc) is 3.22. The van der Waals surface area contributed by atoms with Crippen molar-refractivity contribution in [1.29, 1.82) is 0 Å². The quantitative estimate of drug-likeness (QED) is 0.328. The summed E-state index contributed by atoms with van der Waals surface area (Å²) in [7, 11) is 3.16. The predicted octanol–water partition coefficient (Wildman–Crippen LogP) is 4.69. The van der Waals surface area contributed by atoms with Gasteiger partial charge in [-0.3, -0.25) is 4.79 Å². The number of amides is 1. The van der Waals surface area contributed by atoms with Gasteiger partial charge in [-0.25, -0.2) is 4.98 Å². The molecule has 7 nitrogen and oxygen atoms in total. The van der Waals surface area contributed by atoms with Crippen LogP contribution < -0.4 is 19.5 Å². The minimum absolute atomic E-state index is 0.0677. The Morgan fingerprint density at radius 2 is 1.74 bits per heavy atom. The van der Waals surface area contributed by atoms with Crippen molar-refractivity contribution in [3.05, 3.63) is 83.1 Å². The second-order valence-corrected chi connectivity index (χ2v) is 8.32. The molecular formula is C27H28ClN3O4. The van der Waals surface area contributed by atoms with Crippen LogP contribution in [-0.2, 0) is 24.2 Å². The molecule has 4 aromatic rings. The predicted molar refractivity (Wildman–Crippen MR) is 137 cm³/mol. The first-order valence-electron chi connectivity index (χ1n) is 11.4. The lowest BCUT2D eigenvalue weighted by Gasteiger charge is -2.12. The zero-order valence-electron chi connectivity index (χ0n) is 19.8. The van der Waals surface area contributed by atoms with Crippen LogP contribution >= 0.6 is 11.6 Å². The van der Waals surface area contributed by atoms with Crippen molar-refractivity contribution >= 4 is 28.5 Å². The van der Waals surface area contributed by atoms with Crippen LogP contribution in [0.5, 0.6) is 17.2 Å². The van der Waals surface area contributed by atoms with E-state index in [-0.39, 0.29) is 12.3 Å². The largest absolute Gasteiger partial charge is 0.493 e. The minimum Gasteiger partial charge on any atom is -0.493 e. The molecule has 8 heteroatoms. The summed E-state index contributed by atoms with van der Waals surface area (Å²) in [6.07, 6.45) is 0.848. The number of rotatable bonds is 11. The van der Waals surface area contributed by atoms with Gasteiger partial charge in [-0.1, -0.05) is 41.9 Å². The molecule has 0 spiro atoms. The van der Waals surface area contributed by atoms with E-state index in [1.165, 1.54) is 0 Å². The molecule has 0 saturated carbocycles. The van der Waals surface area contributed by atoms with E-state index in [1.54, 1.807) is 26.4 Å². The molecule has 1 N–H and O–H groups in total. The normalized spacial score (nSPS) is 10.8. The molecule has 0 saturated heterocycles. The van der Waals surface area contributed by atoms with Crippen LogP contribution in [0.2, 0.25) is 5.02 Å². The fraction of sp³-hybridized carbons (Fsp3) is 0.259. The third-order valence-electron chi connectivity index (χ3n) is 5.63. The SMILES string of the molecule is COc1ccc(CC(=O)NCCc2nc3ccccc3n2CCOc2ccccc2Cl)cc1OC. The summed E-state index contributed by atoms with van der Waals surface area (Å²) in [5.74, 6) is 2.71. The van der Waals surface area contributed by atoms with E-state index in [2.05, 4.69) is 9.88 Å². The Bertz CT molecular complexity index is 1300. The molecule has 0 aliphatic heterocycles. The Balaban J connectivity index is 1.37. The number of benzene rings is 3. The maximum atomic E-state index is 12.5. The second-order valence-electron chi connectivity index (χ2n) is 7.91. The molecule has 0 radical (unpaired) electrons. The van der Waals surface area contributed by atoms with Gasteiger partial charge in [0, 0.05) is 13.0 Å². The molecule has 3 aromatic carbocycles. The molecule has 1 aromatic heterocycles. The number of carbonyl (C=O) groups excluding carboxylic acids is 1. The van der Waals surface area contributed by atoms with E-state index in [1.807, 2.05) is 54.6 Å². The maximum absolute atomic E-state index is 12.5. The number of nitrogens with one attached hydrogen (secondary N) is 1. The molecule has 0 atom stereocenters. The highest BCUT2D eigenvalue weighted by molar-refractivity contribution is 6.32. The van der Waals surface area contributed by atoms with Crippen molar-refractivity contribution in [2.75, 3.05) is 27.4 Å². The monoisotopic (exact) mass is 493 g/mol. The molecule has 1 amide bonds. The molecule has 182 valence electrons. The van der Waals surface area contributed by atoms with E-state index in [0.717, 1.165) is 22.4 Å². The van der Waals surface area contributed by atoms with E-state index < -0.39 is 0 Å². The summed E-state index contributed by atoms with van der Waals surface area (Å²) in [6, 6.07) is 20.9. The van der Waals surface area contributed by atoms with Gasteiger partial charge in [0.05, 0.1) is 43.2 Å². The highest BCUT2D eigenvalue weighted by atomic mass is 35.5. The number of imidazole rings is 1. The smallest absolute Gasteiger partial charge is 0.224 e. The van der Waals surface area contributed by atoms with Crippen LogP contribution in [0.4, 0.5) is 0 Å². The van der Waals surface area contributed by atoms with Crippen LogP contribution in [0.1, 0.15) is 11.4 Å². The molecule has 1 heterocycles. The van der Waals surface area contributed by atoms with Gasteiger partial charge in [-0.05, 0) is 42.0 Å². The van der Waals surface area contributed by atoms with Gasteiger partial charge in [0.2, 0.25) is 5.91 Å². The highest BCUT2D eigenvalue weighted by Gasteiger charge is 2.12.